The summed E-state index contributed by atoms with van der Waals surface area (Å²) in [6, 6.07) is 17.4. The molecule has 1 amide bonds. The van der Waals surface area contributed by atoms with E-state index in [2.05, 4.69) is 10.1 Å². The zero-order chi connectivity index (χ0) is 24.0. The van der Waals surface area contributed by atoms with Crippen molar-refractivity contribution in [3.63, 3.8) is 0 Å². The molecule has 0 radical (unpaired) electrons. The Hall–Kier alpha value is -3.32. The highest BCUT2D eigenvalue weighted by molar-refractivity contribution is 5.94. The van der Waals surface area contributed by atoms with Gasteiger partial charge in [-0.2, -0.15) is 0 Å². The molecule has 3 heterocycles. The van der Waals surface area contributed by atoms with E-state index in [0.717, 1.165) is 68.1 Å². The molecule has 7 nitrogen and oxygen atoms in total. The van der Waals surface area contributed by atoms with Gasteiger partial charge < -0.3 is 23.8 Å². The largest absolute Gasteiger partial charge is 0.497 e. The molecule has 0 saturated carbocycles. The first-order chi connectivity index (χ1) is 17.2. The summed E-state index contributed by atoms with van der Waals surface area (Å²) in [5.41, 5.74) is 3.33. The second-order valence-corrected chi connectivity index (χ2v) is 9.28. The molecule has 1 atom stereocenters. The quantitative estimate of drug-likeness (QED) is 0.448. The molecule has 3 aromatic rings. The summed E-state index contributed by atoms with van der Waals surface area (Å²) in [4.78, 5) is 18.0. The third-order valence-corrected chi connectivity index (χ3v) is 6.86. The zero-order valence-electron chi connectivity index (χ0n) is 20.3. The molecule has 35 heavy (non-hydrogen) atoms. The lowest BCUT2D eigenvalue weighted by Crippen LogP contribution is -2.38. The van der Waals surface area contributed by atoms with E-state index in [-0.39, 0.29) is 12.0 Å². The molecule has 5 rings (SSSR count). The highest BCUT2D eigenvalue weighted by Crippen LogP contribution is 2.34. The molecule has 184 valence electrons. The van der Waals surface area contributed by atoms with Gasteiger partial charge in [-0.15, -0.1) is 0 Å². The fraction of sp³-hybridized carbons (Fsp3) is 0.429. The molecule has 0 N–H and O–H groups in total. The Morgan fingerprint density at radius 1 is 1.09 bits per heavy atom. The van der Waals surface area contributed by atoms with Crippen LogP contribution < -0.4 is 9.64 Å². The van der Waals surface area contributed by atoms with Crippen molar-refractivity contribution >= 4 is 11.8 Å². The van der Waals surface area contributed by atoms with E-state index >= 15 is 0 Å². The van der Waals surface area contributed by atoms with Gasteiger partial charge in [-0.1, -0.05) is 41.6 Å². The number of benzene rings is 2. The molecular formula is C28H33N3O4. The predicted molar refractivity (Wildman–Crippen MR) is 135 cm³/mol. The van der Waals surface area contributed by atoms with Gasteiger partial charge in [-0.05, 0) is 50.3 Å². The van der Waals surface area contributed by atoms with Crippen LogP contribution in [-0.2, 0) is 11.3 Å². The maximum atomic E-state index is 13.8. The first-order valence-electron chi connectivity index (χ1n) is 12.6. The van der Waals surface area contributed by atoms with Crippen LogP contribution >= 0.6 is 0 Å². The minimum Gasteiger partial charge on any atom is -0.497 e. The predicted octanol–water partition coefficient (Wildman–Crippen LogP) is 5.16. The third kappa shape index (κ3) is 5.35. The summed E-state index contributed by atoms with van der Waals surface area (Å²) in [7, 11) is 1.61. The van der Waals surface area contributed by atoms with Crippen molar-refractivity contribution in [2.24, 2.45) is 0 Å². The summed E-state index contributed by atoms with van der Waals surface area (Å²) in [6.45, 7) is 3.54. The number of anilines is 1. The maximum Gasteiger partial charge on any atom is 0.254 e. The van der Waals surface area contributed by atoms with E-state index in [4.69, 9.17) is 14.0 Å². The minimum absolute atomic E-state index is 0.0306. The van der Waals surface area contributed by atoms with Crippen LogP contribution in [0.2, 0.25) is 0 Å². The number of piperidine rings is 1. The second kappa shape index (κ2) is 11.0. The molecule has 2 aliphatic rings. The van der Waals surface area contributed by atoms with Gasteiger partial charge in [-0.3, -0.25) is 4.79 Å². The first-order valence-corrected chi connectivity index (χ1v) is 12.6. The van der Waals surface area contributed by atoms with E-state index in [1.54, 1.807) is 13.2 Å². The van der Waals surface area contributed by atoms with Crippen LogP contribution in [0.5, 0.6) is 5.75 Å². The fourth-order valence-corrected chi connectivity index (χ4v) is 4.99. The average Bonchev–Trinajstić information content (AvgIpc) is 3.59. The number of rotatable bonds is 8. The third-order valence-electron chi connectivity index (χ3n) is 6.86. The number of ether oxygens (including phenoxy) is 2. The maximum absolute atomic E-state index is 13.8. The first kappa shape index (κ1) is 23.4. The van der Waals surface area contributed by atoms with Crippen LogP contribution in [-0.4, -0.2) is 55.4 Å². The van der Waals surface area contributed by atoms with Crippen LogP contribution in [0.25, 0.3) is 11.3 Å². The summed E-state index contributed by atoms with van der Waals surface area (Å²) in [6.07, 6.45) is 5.49. The number of carbonyl (C=O) groups is 1. The average molecular weight is 476 g/mol. The van der Waals surface area contributed by atoms with Crippen LogP contribution in [0.15, 0.2) is 59.1 Å². The highest BCUT2D eigenvalue weighted by Gasteiger charge is 2.30. The van der Waals surface area contributed by atoms with E-state index in [1.807, 2.05) is 53.4 Å². The molecule has 7 heteroatoms. The molecule has 0 bridgehead atoms. The minimum atomic E-state index is -0.0517. The SMILES string of the molecule is COc1cccc(C(=O)N(Cc2c(-c3ccccc3)noc2N2CCCCC2)CC2CCCO2)c1. The Bertz CT molecular complexity index is 1120. The number of nitrogens with zero attached hydrogens (tertiary/aromatic N) is 3. The molecule has 1 unspecified atom stereocenters. The fourth-order valence-electron chi connectivity index (χ4n) is 4.99. The van der Waals surface area contributed by atoms with Crippen molar-refractivity contribution in [3.8, 4) is 17.0 Å². The summed E-state index contributed by atoms with van der Waals surface area (Å²) < 4.78 is 17.3. The Morgan fingerprint density at radius 3 is 2.66 bits per heavy atom. The van der Waals surface area contributed by atoms with Crippen LogP contribution in [0.1, 0.15) is 48.0 Å². The van der Waals surface area contributed by atoms with Crippen molar-refractivity contribution in [1.29, 1.82) is 0 Å². The van der Waals surface area contributed by atoms with Gasteiger partial charge in [0.25, 0.3) is 5.91 Å². The van der Waals surface area contributed by atoms with Gasteiger partial charge in [-0.25, -0.2) is 0 Å². The topological polar surface area (TPSA) is 68.0 Å². The number of hydrogen-bond acceptors (Lipinski definition) is 6. The summed E-state index contributed by atoms with van der Waals surface area (Å²) >= 11 is 0. The summed E-state index contributed by atoms with van der Waals surface area (Å²) in [5.74, 6) is 1.39. The highest BCUT2D eigenvalue weighted by atomic mass is 16.5. The van der Waals surface area contributed by atoms with E-state index in [1.165, 1.54) is 6.42 Å². The van der Waals surface area contributed by atoms with Gasteiger partial charge in [0, 0.05) is 37.4 Å². The second-order valence-electron chi connectivity index (χ2n) is 9.28. The van der Waals surface area contributed by atoms with Gasteiger partial charge in [0.2, 0.25) is 5.88 Å². The smallest absolute Gasteiger partial charge is 0.254 e. The normalized spacial score (nSPS) is 18.0. The molecule has 0 spiro atoms. The van der Waals surface area contributed by atoms with Crippen molar-refractivity contribution in [3.05, 3.63) is 65.7 Å². The van der Waals surface area contributed by atoms with Crippen LogP contribution in [0.4, 0.5) is 5.88 Å². The molecule has 1 aromatic heterocycles. The lowest BCUT2D eigenvalue weighted by molar-refractivity contribution is 0.0507. The molecule has 2 aliphatic heterocycles. The van der Waals surface area contributed by atoms with Crippen LogP contribution in [0.3, 0.4) is 0 Å². The number of methoxy groups -OCH3 is 1. The molecule has 0 aliphatic carbocycles. The van der Waals surface area contributed by atoms with E-state index in [9.17, 15) is 4.79 Å². The molecule has 2 saturated heterocycles. The Labute approximate surface area is 206 Å². The van der Waals surface area contributed by atoms with Crippen LogP contribution in [0, 0.1) is 0 Å². The monoisotopic (exact) mass is 475 g/mol. The summed E-state index contributed by atoms with van der Waals surface area (Å²) in [5, 5.41) is 4.50. The Morgan fingerprint density at radius 2 is 1.91 bits per heavy atom. The van der Waals surface area contributed by atoms with Crippen molar-refractivity contribution in [2.75, 3.05) is 38.3 Å². The van der Waals surface area contributed by atoms with E-state index < -0.39 is 0 Å². The molecule has 2 aromatic carbocycles. The Kier molecular flexibility index (Phi) is 7.33. The lowest BCUT2D eigenvalue weighted by atomic mass is 10.0. The van der Waals surface area contributed by atoms with Crippen molar-refractivity contribution in [2.45, 2.75) is 44.8 Å². The van der Waals surface area contributed by atoms with Crippen molar-refractivity contribution in [1.82, 2.24) is 10.1 Å². The zero-order valence-corrected chi connectivity index (χ0v) is 20.3. The Balaban J connectivity index is 1.51. The van der Waals surface area contributed by atoms with Gasteiger partial charge in [0.05, 0.1) is 25.3 Å². The number of amides is 1. The number of hydrogen-bond donors (Lipinski definition) is 0. The number of carbonyl (C=O) groups excluding carboxylic acids is 1. The van der Waals surface area contributed by atoms with Crippen molar-refractivity contribution < 1.29 is 18.8 Å². The van der Waals surface area contributed by atoms with Gasteiger partial charge >= 0.3 is 0 Å². The molecule has 2 fully saturated rings. The molecular weight excluding hydrogens is 442 g/mol. The lowest BCUT2D eigenvalue weighted by Gasteiger charge is -2.29. The van der Waals surface area contributed by atoms with E-state index in [0.29, 0.717) is 24.4 Å². The van der Waals surface area contributed by atoms with Gasteiger partial charge in [0.1, 0.15) is 11.4 Å². The van der Waals surface area contributed by atoms with Gasteiger partial charge in [0.15, 0.2) is 0 Å². The number of aromatic nitrogens is 1. The standard InChI is InChI=1S/C28H33N3O4/c1-33-23-13-8-12-22(18-23)27(32)31(19-24-14-9-17-34-24)20-25-26(21-10-4-2-5-11-21)29-35-28(25)30-15-6-3-7-16-30/h2,4-5,8,10-13,18,24H,3,6-7,9,14-17,19-20H2,1H3.